The molecule has 0 aliphatic rings. The number of ether oxygens (including phenoxy) is 1. The third-order valence-corrected chi connectivity index (χ3v) is 2.87. The van der Waals surface area contributed by atoms with Crippen LogP contribution in [0.25, 0.3) is 0 Å². The van der Waals surface area contributed by atoms with E-state index in [2.05, 4.69) is 12.2 Å². The number of nitrogens with one attached hydrogen (secondary N) is 1. The van der Waals surface area contributed by atoms with Crippen LogP contribution >= 0.6 is 11.6 Å². The highest BCUT2D eigenvalue weighted by Crippen LogP contribution is 2.28. The summed E-state index contributed by atoms with van der Waals surface area (Å²) in [5.74, 6) is 0.725. The third-order valence-electron chi connectivity index (χ3n) is 2.57. The largest absolute Gasteiger partial charge is 0.492 e. The molecule has 102 valence electrons. The Bertz CT molecular complexity index is 356. The SMILES string of the molecule is CCCNCc1cccc(Cl)c1OCCC(C)O. The van der Waals surface area contributed by atoms with Crippen molar-refractivity contribution in [1.82, 2.24) is 5.32 Å². The summed E-state index contributed by atoms with van der Waals surface area (Å²) in [4.78, 5) is 0. The highest BCUT2D eigenvalue weighted by Gasteiger charge is 2.08. The Morgan fingerprint density at radius 3 is 2.89 bits per heavy atom. The normalized spacial score (nSPS) is 12.4. The van der Waals surface area contributed by atoms with Crippen LogP contribution in [0.5, 0.6) is 5.75 Å². The van der Waals surface area contributed by atoms with Gasteiger partial charge in [0.25, 0.3) is 0 Å². The highest BCUT2D eigenvalue weighted by molar-refractivity contribution is 6.32. The molecule has 1 atom stereocenters. The van der Waals surface area contributed by atoms with E-state index in [1.165, 1.54) is 0 Å². The minimum atomic E-state index is -0.353. The average Bonchev–Trinajstić information content (AvgIpc) is 2.32. The van der Waals surface area contributed by atoms with Crippen molar-refractivity contribution in [2.75, 3.05) is 13.2 Å². The van der Waals surface area contributed by atoms with Crippen LogP contribution in [0.2, 0.25) is 5.02 Å². The van der Waals surface area contributed by atoms with Crippen molar-refractivity contribution in [2.24, 2.45) is 0 Å². The molecule has 0 aliphatic heterocycles. The minimum Gasteiger partial charge on any atom is -0.492 e. The lowest BCUT2D eigenvalue weighted by Crippen LogP contribution is -2.15. The van der Waals surface area contributed by atoms with Gasteiger partial charge in [-0.05, 0) is 26.0 Å². The lowest BCUT2D eigenvalue weighted by atomic mass is 10.2. The van der Waals surface area contributed by atoms with Gasteiger partial charge in [-0.1, -0.05) is 30.7 Å². The number of para-hydroxylation sites is 1. The molecule has 4 heteroatoms. The first-order chi connectivity index (χ1) is 8.65. The lowest BCUT2D eigenvalue weighted by molar-refractivity contribution is 0.155. The Balaban J connectivity index is 2.61. The number of aliphatic hydroxyl groups excluding tert-OH is 1. The summed E-state index contributed by atoms with van der Waals surface area (Å²) in [5, 5.41) is 13.2. The molecular weight excluding hydrogens is 250 g/mol. The molecule has 0 saturated carbocycles. The Morgan fingerprint density at radius 1 is 1.44 bits per heavy atom. The van der Waals surface area contributed by atoms with E-state index in [1.807, 2.05) is 18.2 Å². The number of halogens is 1. The van der Waals surface area contributed by atoms with Crippen LogP contribution in [-0.2, 0) is 6.54 Å². The maximum atomic E-state index is 9.22. The molecule has 0 spiro atoms. The summed E-state index contributed by atoms with van der Waals surface area (Å²) in [6.45, 7) is 6.07. The fourth-order valence-corrected chi connectivity index (χ4v) is 1.83. The number of aliphatic hydroxyl groups is 1. The van der Waals surface area contributed by atoms with Crippen molar-refractivity contribution in [2.45, 2.75) is 39.3 Å². The molecule has 0 saturated heterocycles. The molecule has 0 fully saturated rings. The van der Waals surface area contributed by atoms with Crippen LogP contribution in [0.15, 0.2) is 18.2 Å². The van der Waals surface area contributed by atoms with E-state index < -0.39 is 0 Å². The van der Waals surface area contributed by atoms with Crippen molar-refractivity contribution in [3.8, 4) is 5.75 Å². The van der Waals surface area contributed by atoms with Crippen LogP contribution in [0.3, 0.4) is 0 Å². The zero-order chi connectivity index (χ0) is 13.4. The van der Waals surface area contributed by atoms with Gasteiger partial charge in [-0.3, -0.25) is 0 Å². The molecule has 0 radical (unpaired) electrons. The Labute approximate surface area is 114 Å². The van der Waals surface area contributed by atoms with Crippen LogP contribution < -0.4 is 10.1 Å². The number of benzene rings is 1. The second-order valence-electron chi connectivity index (χ2n) is 4.39. The molecule has 2 N–H and O–H groups in total. The monoisotopic (exact) mass is 271 g/mol. The van der Waals surface area contributed by atoms with Gasteiger partial charge in [0.05, 0.1) is 17.7 Å². The summed E-state index contributed by atoms with van der Waals surface area (Å²) in [5.41, 5.74) is 1.06. The smallest absolute Gasteiger partial charge is 0.142 e. The van der Waals surface area contributed by atoms with E-state index in [0.29, 0.717) is 18.1 Å². The molecule has 3 nitrogen and oxygen atoms in total. The van der Waals surface area contributed by atoms with E-state index in [1.54, 1.807) is 6.92 Å². The first-order valence-corrected chi connectivity index (χ1v) is 6.82. The Hall–Kier alpha value is -0.770. The maximum absolute atomic E-state index is 9.22. The van der Waals surface area contributed by atoms with E-state index in [-0.39, 0.29) is 6.10 Å². The third kappa shape index (κ3) is 5.25. The molecule has 18 heavy (non-hydrogen) atoms. The van der Waals surface area contributed by atoms with Crippen molar-refractivity contribution < 1.29 is 9.84 Å². The van der Waals surface area contributed by atoms with Gasteiger partial charge in [0, 0.05) is 18.5 Å². The topological polar surface area (TPSA) is 41.5 Å². The Kier molecular flexibility index (Phi) is 7.09. The molecule has 1 aromatic carbocycles. The van der Waals surface area contributed by atoms with Crippen LogP contribution in [0.1, 0.15) is 32.3 Å². The van der Waals surface area contributed by atoms with Gasteiger partial charge in [-0.15, -0.1) is 0 Å². The fourth-order valence-electron chi connectivity index (χ4n) is 1.59. The van der Waals surface area contributed by atoms with Crippen molar-refractivity contribution in [3.05, 3.63) is 28.8 Å². The standard InChI is InChI=1S/C14H22ClNO2/c1-3-8-16-10-12-5-4-6-13(15)14(12)18-9-7-11(2)17/h4-6,11,16-17H,3,7-10H2,1-2H3. The Morgan fingerprint density at radius 2 is 2.22 bits per heavy atom. The first kappa shape index (κ1) is 15.3. The number of hydrogen-bond acceptors (Lipinski definition) is 3. The number of hydrogen-bond donors (Lipinski definition) is 2. The zero-order valence-electron chi connectivity index (χ0n) is 11.1. The summed E-state index contributed by atoms with van der Waals surface area (Å²) < 4.78 is 5.68. The summed E-state index contributed by atoms with van der Waals surface area (Å²) in [6.07, 6.45) is 1.35. The van der Waals surface area contributed by atoms with Gasteiger partial charge in [0.15, 0.2) is 0 Å². The van der Waals surface area contributed by atoms with Gasteiger partial charge < -0.3 is 15.2 Å². The van der Waals surface area contributed by atoms with Crippen LogP contribution in [0.4, 0.5) is 0 Å². The predicted molar refractivity (Wildman–Crippen MR) is 75.2 cm³/mol. The molecule has 0 bridgehead atoms. The highest BCUT2D eigenvalue weighted by atomic mass is 35.5. The van der Waals surface area contributed by atoms with E-state index >= 15 is 0 Å². The van der Waals surface area contributed by atoms with Gasteiger partial charge in [0.1, 0.15) is 5.75 Å². The van der Waals surface area contributed by atoms with Crippen LogP contribution in [0, 0.1) is 0 Å². The van der Waals surface area contributed by atoms with Crippen molar-refractivity contribution in [1.29, 1.82) is 0 Å². The summed E-state index contributed by atoms with van der Waals surface area (Å²) in [6, 6.07) is 5.75. The maximum Gasteiger partial charge on any atom is 0.142 e. The van der Waals surface area contributed by atoms with Gasteiger partial charge in [-0.25, -0.2) is 0 Å². The number of rotatable bonds is 8. The van der Waals surface area contributed by atoms with Gasteiger partial charge in [-0.2, -0.15) is 0 Å². The second-order valence-corrected chi connectivity index (χ2v) is 4.80. The molecule has 0 aliphatic carbocycles. The molecule has 1 aromatic rings. The molecule has 1 unspecified atom stereocenters. The van der Waals surface area contributed by atoms with Crippen molar-refractivity contribution >= 4 is 11.6 Å². The van der Waals surface area contributed by atoms with E-state index in [4.69, 9.17) is 16.3 Å². The molecule has 1 rings (SSSR count). The van der Waals surface area contributed by atoms with Gasteiger partial charge >= 0.3 is 0 Å². The first-order valence-electron chi connectivity index (χ1n) is 6.44. The molecule has 0 aromatic heterocycles. The van der Waals surface area contributed by atoms with Crippen LogP contribution in [-0.4, -0.2) is 24.4 Å². The molecule has 0 amide bonds. The summed E-state index contributed by atoms with van der Waals surface area (Å²) >= 11 is 6.14. The minimum absolute atomic E-state index is 0.353. The lowest BCUT2D eigenvalue weighted by Gasteiger charge is -2.14. The summed E-state index contributed by atoms with van der Waals surface area (Å²) in [7, 11) is 0. The fraction of sp³-hybridized carbons (Fsp3) is 0.571. The van der Waals surface area contributed by atoms with Crippen molar-refractivity contribution in [3.63, 3.8) is 0 Å². The molecular formula is C14H22ClNO2. The second kappa shape index (κ2) is 8.35. The van der Waals surface area contributed by atoms with Gasteiger partial charge in [0.2, 0.25) is 0 Å². The molecule has 0 heterocycles. The zero-order valence-corrected chi connectivity index (χ0v) is 11.8. The quantitative estimate of drug-likeness (QED) is 0.714. The predicted octanol–water partition coefficient (Wildman–Crippen LogP) is 2.99. The van der Waals surface area contributed by atoms with E-state index in [0.717, 1.165) is 30.8 Å². The average molecular weight is 272 g/mol. The van der Waals surface area contributed by atoms with E-state index in [9.17, 15) is 5.11 Å².